The largest absolute Gasteiger partial charge is 0.351 e. The molecule has 2 aliphatic rings. The van der Waals surface area contributed by atoms with Gasteiger partial charge in [0.15, 0.2) is 5.17 Å². The van der Waals surface area contributed by atoms with Gasteiger partial charge in [-0.05, 0) is 49.6 Å². The molecule has 166 valence electrons. The number of aliphatic imine (C=N–C) groups is 1. The fourth-order valence-corrected chi connectivity index (χ4v) is 4.86. The fourth-order valence-electron chi connectivity index (χ4n) is 3.74. The lowest BCUT2D eigenvalue weighted by molar-refractivity contribution is -0.121. The number of benzene rings is 2. The van der Waals surface area contributed by atoms with Crippen LogP contribution in [0.4, 0.5) is 5.69 Å². The summed E-state index contributed by atoms with van der Waals surface area (Å²) >= 11 is 1.38. The quantitative estimate of drug-likeness (QED) is 0.702. The molecule has 0 unspecified atom stereocenters. The molecule has 2 N–H and O–H groups in total. The van der Waals surface area contributed by atoms with Gasteiger partial charge in [0.1, 0.15) is 5.25 Å². The minimum atomic E-state index is -0.477. The molecule has 7 nitrogen and oxygen atoms in total. The Morgan fingerprint density at radius 2 is 1.78 bits per heavy atom. The topological polar surface area (TPSA) is 90.9 Å². The zero-order valence-corrected chi connectivity index (χ0v) is 18.7. The molecular weight excluding hydrogens is 424 g/mol. The molecular formula is C24H26N4O3S. The van der Waals surface area contributed by atoms with Crippen molar-refractivity contribution in [3.05, 3.63) is 65.7 Å². The van der Waals surface area contributed by atoms with E-state index in [9.17, 15) is 14.4 Å². The van der Waals surface area contributed by atoms with Gasteiger partial charge in [-0.3, -0.25) is 14.4 Å². The molecule has 32 heavy (non-hydrogen) atoms. The minimum Gasteiger partial charge on any atom is -0.351 e. The lowest BCUT2D eigenvalue weighted by Crippen LogP contribution is -2.26. The normalized spacial score (nSPS) is 18.9. The number of likely N-dealkylation sites (tertiary alicyclic amines) is 1. The van der Waals surface area contributed by atoms with Crippen molar-refractivity contribution >= 4 is 40.3 Å². The summed E-state index contributed by atoms with van der Waals surface area (Å²) in [5.41, 5.74) is 2.12. The lowest BCUT2D eigenvalue weighted by atomic mass is 10.1. The van der Waals surface area contributed by atoms with Gasteiger partial charge in [-0.1, -0.05) is 42.1 Å². The van der Waals surface area contributed by atoms with Gasteiger partial charge in [-0.2, -0.15) is 4.99 Å². The molecule has 2 aromatic rings. The van der Waals surface area contributed by atoms with Gasteiger partial charge in [0, 0.05) is 30.8 Å². The molecule has 0 saturated carbocycles. The number of rotatable bonds is 6. The molecule has 0 spiro atoms. The lowest BCUT2D eigenvalue weighted by Gasteiger charge is -2.16. The third-order valence-corrected chi connectivity index (χ3v) is 6.77. The Hall–Kier alpha value is -3.13. The number of carbonyl (C=O) groups excluding carboxylic acids is 3. The molecule has 2 atom stereocenters. The molecule has 1 fully saturated rings. The number of amides is 3. The summed E-state index contributed by atoms with van der Waals surface area (Å²) in [6.45, 7) is 3.77. The number of carbonyl (C=O) groups is 3. The van der Waals surface area contributed by atoms with Gasteiger partial charge < -0.3 is 15.5 Å². The number of hydrogen-bond acceptors (Lipinski definition) is 5. The van der Waals surface area contributed by atoms with Crippen molar-refractivity contribution in [3.8, 4) is 0 Å². The molecule has 2 aliphatic heterocycles. The van der Waals surface area contributed by atoms with Crippen LogP contribution in [-0.4, -0.2) is 46.1 Å². The van der Waals surface area contributed by atoms with Crippen LogP contribution in [0.15, 0.2) is 59.6 Å². The minimum absolute atomic E-state index is 0.0706. The standard InChI is InChI=1S/C24H26N4O3S/c1-16(17-7-3-2-4-8-17)25-22(30)18-9-11-19(12-10-18)26-21(29)15-20-23(31)27-24(32-20)28-13-5-6-14-28/h2-4,7-12,16,20H,5-6,13-15H2,1H3,(H,25,30)(H,26,29)/t16-,20+/m1/s1. The zero-order chi connectivity index (χ0) is 22.5. The SMILES string of the molecule is C[C@@H](NC(=O)c1ccc(NC(=O)C[C@@H]2SC(N3CCCC3)=NC2=O)cc1)c1ccccc1. The predicted octanol–water partition coefficient (Wildman–Crippen LogP) is 3.60. The second kappa shape index (κ2) is 9.99. The van der Waals surface area contributed by atoms with Crippen LogP contribution in [0, 0.1) is 0 Å². The number of nitrogens with zero attached hydrogens (tertiary/aromatic N) is 2. The molecule has 3 amide bonds. The summed E-state index contributed by atoms with van der Waals surface area (Å²) in [6, 6.07) is 16.4. The molecule has 4 rings (SSSR count). The molecule has 2 heterocycles. The number of thioether (sulfide) groups is 1. The van der Waals surface area contributed by atoms with Gasteiger partial charge in [0.25, 0.3) is 11.8 Å². The van der Waals surface area contributed by atoms with Crippen molar-refractivity contribution in [3.63, 3.8) is 0 Å². The summed E-state index contributed by atoms with van der Waals surface area (Å²) in [6.07, 6.45) is 2.29. The molecule has 8 heteroatoms. The second-order valence-corrected chi connectivity index (χ2v) is 9.14. The van der Waals surface area contributed by atoms with E-state index in [-0.39, 0.29) is 30.2 Å². The Bertz CT molecular complexity index is 1020. The maximum absolute atomic E-state index is 12.5. The summed E-state index contributed by atoms with van der Waals surface area (Å²) in [5, 5.41) is 6.04. The van der Waals surface area contributed by atoms with E-state index in [1.165, 1.54) is 11.8 Å². The molecule has 2 aromatic carbocycles. The highest BCUT2D eigenvalue weighted by Gasteiger charge is 2.33. The van der Waals surface area contributed by atoms with Crippen LogP contribution in [0.1, 0.15) is 48.1 Å². The van der Waals surface area contributed by atoms with E-state index in [4.69, 9.17) is 0 Å². The summed E-state index contributed by atoms with van der Waals surface area (Å²) < 4.78 is 0. The molecule has 0 aromatic heterocycles. The average Bonchev–Trinajstić information content (AvgIpc) is 3.45. The van der Waals surface area contributed by atoms with Gasteiger partial charge in [-0.15, -0.1) is 0 Å². The zero-order valence-electron chi connectivity index (χ0n) is 17.9. The van der Waals surface area contributed by atoms with E-state index >= 15 is 0 Å². The van der Waals surface area contributed by atoms with Crippen molar-refractivity contribution in [2.45, 2.75) is 37.5 Å². The smallest absolute Gasteiger partial charge is 0.262 e. The maximum atomic E-state index is 12.5. The average molecular weight is 451 g/mol. The van der Waals surface area contributed by atoms with Crippen molar-refractivity contribution in [1.82, 2.24) is 10.2 Å². The fraction of sp³-hybridized carbons (Fsp3) is 0.333. The van der Waals surface area contributed by atoms with Crippen molar-refractivity contribution in [2.24, 2.45) is 4.99 Å². The van der Waals surface area contributed by atoms with Gasteiger partial charge in [0.05, 0.1) is 6.04 Å². The van der Waals surface area contributed by atoms with Crippen LogP contribution >= 0.6 is 11.8 Å². The van der Waals surface area contributed by atoms with Crippen molar-refractivity contribution in [1.29, 1.82) is 0 Å². The van der Waals surface area contributed by atoms with Gasteiger partial charge in [0.2, 0.25) is 5.91 Å². The highest BCUT2D eigenvalue weighted by atomic mass is 32.2. The van der Waals surface area contributed by atoms with E-state index in [0.29, 0.717) is 11.3 Å². The number of hydrogen-bond donors (Lipinski definition) is 2. The van der Waals surface area contributed by atoms with Gasteiger partial charge >= 0.3 is 0 Å². The predicted molar refractivity (Wildman–Crippen MR) is 127 cm³/mol. The first kappa shape index (κ1) is 22.1. The van der Waals surface area contributed by atoms with Crippen molar-refractivity contribution < 1.29 is 14.4 Å². The maximum Gasteiger partial charge on any atom is 0.262 e. The molecule has 0 aliphatic carbocycles. The van der Waals surface area contributed by atoms with E-state index in [0.717, 1.165) is 36.7 Å². The summed E-state index contributed by atoms with van der Waals surface area (Å²) in [5.74, 6) is -0.672. The first-order chi connectivity index (χ1) is 15.5. The second-order valence-electron chi connectivity index (χ2n) is 7.97. The van der Waals surface area contributed by atoms with Crippen LogP contribution in [0.2, 0.25) is 0 Å². The highest BCUT2D eigenvalue weighted by molar-refractivity contribution is 8.15. The Morgan fingerprint density at radius 1 is 1.09 bits per heavy atom. The monoisotopic (exact) mass is 450 g/mol. The van der Waals surface area contributed by atoms with E-state index in [1.807, 2.05) is 37.3 Å². The number of amidine groups is 1. The number of nitrogens with one attached hydrogen (secondary N) is 2. The van der Waals surface area contributed by atoms with E-state index in [1.54, 1.807) is 24.3 Å². The summed E-state index contributed by atoms with van der Waals surface area (Å²) in [7, 11) is 0. The van der Waals surface area contributed by atoms with Crippen molar-refractivity contribution in [2.75, 3.05) is 18.4 Å². The van der Waals surface area contributed by atoms with Crippen LogP contribution in [0.5, 0.6) is 0 Å². The third kappa shape index (κ3) is 5.37. The molecule has 1 saturated heterocycles. The Morgan fingerprint density at radius 3 is 2.47 bits per heavy atom. The first-order valence-corrected chi connectivity index (χ1v) is 11.7. The Balaban J connectivity index is 1.27. The Kier molecular flexibility index (Phi) is 6.90. The Labute approximate surface area is 191 Å². The van der Waals surface area contributed by atoms with Crippen LogP contribution in [0.25, 0.3) is 0 Å². The van der Waals surface area contributed by atoms with Gasteiger partial charge in [-0.25, -0.2) is 0 Å². The van der Waals surface area contributed by atoms with E-state index < -0.39 is 5.25 Å². The molecule has 0 bridgehead atoms. The van der Waals surface area contributed by atoms with Crippen LogP contribution in [-0.2, 0) is 9.59 Å². The molecule has 0 radical (unpaired) electrons. The van der Waals surface area contributed by atoms with Crippen LogP contribution in [0.3, 0.4) is 0 Å². The first-order valence-electron chi connectivity index (χ1n) is 10.8. The third-order valence-electron chi connectivity index (χ3n) is 5.55. The van der Waals surface area contributed by atoms with Crippen LogP contribution < -0.4 is 10.6 Å². The van der Waals surface area contributed by atoms with E-state index in [2.05, 4.69) is 20.5 Å². The highest BCUT2D eigenvalue weighted by Crippen LogP contribution is 2.29. The number of anilines is 1. The summed E-state index contributed by atoms with van der Waals surface area (Å²) in [4.78, 5) is 43.4.